The van der Waals surface area contributed by atoms with E-state index in [1.807, 2.05) is 13.8 Å². The molecule has 124 valence electrons. The summed E-state index contributed by atoms with van der Waals surface area (Å²) in [7, 11) is 0. The van der Waals surface area contributed by atoms with Crippen molar-refractivity contribution in [3.63, 3.8) is 0 Å². The topological polar surface area (TPSA) is 98.6 Å². The first-order chi connectivity index (χ1) is 12.0. The van der Waals surface area contributed by atoms with E-state index in [9.17, 15) is 14.9 Å². The molecular formula is C19H16N4O2. The van der Waals surface area contributed by atoms with Crippen LogP contribution in [0, 0.1) is 31.1 Å². The molecular weight excluding hydrogens is 316 g/mol. The van der Waals surface area contributed by atoms with Crippen LogP contribution in [0.25, 0.3) is 10.9 Å². The molecule has 6 nitrogen and oxygen atoms in total. The molecule has 3 aromatic rings. The van der Waals surface area contributed by atoms with Crippen molar-refractivity contribution < 1.29 is 9.59 Å². The minimum atomic E-state index is -1.43. The minimum absolute atomic E-state index is 0.299. The van der Waals surface area contributed by atoms with Crippen LogP contribution in [0.5, 0.6) is 0 Å². The first kappa shape index (κ1) is 16.4. The summed E-state index contributed by atoms with van der Waals surface area (Å²) in [6, 6.07) is 11.9. The number of rotatable bonds is 4. The first-order valence-electron chi connectivity index (χ1n) is 7.76. The second kappa shape index (κ2) is 6.57. The number of nitriles is 1. The summed E-state index contributed by atoms with van der Waals surface area (Å²) >= 11 is 0. The fourth-order valence-electron chi connectivity index (χ4n) is 2.65. The van der Waals surface area contributed by atoms with Gasteiger partial charge in [-0.05, 0) is 49.7 Å². The number of fused-ring (bicyclic) bond motifs is 1. The van der Waals surface area contributed by atoms with E-state index in [2.05, 4.69) is 15.3 Å². The van der Waals surface area contributed by atoms with Crippen LogP contribution in [0.4, 0.5) is 5.82 Å². The van der Waals surface area contributed by atoms with Gasteiger partial charge in [0.1, 0.15) is 5.82 Å². The highest BCUT2D eigenvalue weighted by Crippen LogP contribution is 2.23. The van der Waals surface area contributed by atoms with Crippen molar-refractivity contribution in [1.29, 1.82) is 5.26 Å². The van der Waals surface area contributed by atoms with Gasteiger partial charge in [-0.1, -0.05) is 6.07 Å². The van der Waals surface area contributed by atoms with Gasteiger partial charge in [0.15, 0.2) is 11.7 Å². The maximum atomic E-state index is 12.7. The molecule has 0 saturated carbocycles. The third-order valence-electron chi connectivity index (χ3n) is 4.16. The molecule has 0 fully saturated rings. The third-order valence-corrected chi connectivity index (χ3v) is 4.16. The van der Waals surface area contributed by atoms with Gasteiger partial charge in [-0.2, -0.15) is 5.26 Å². The summed E-state index contributed by atoms with van der Waals surface area (Å²) in [6.45, 7) is 3.91. The molecule has 0 spiro atoms. The molecule has 25 heavy (non-hydrogen) atoms. The molecule has 3 rings (SSSR count). The van der Waals surface area contributed by atoms with Crippen LogP contribution in [-0.2, 0) is 4.79 Å². The maximum Gasteiger partial charge on any atom is 0.250 e. The van der Waals surface area contributed by atoms with Crippen molar-refractivity contribution in [2.45, 2.75) is 13.8 Å². The molecule has 2 heterocycles. The molecule has 0 bridgehead atoms. The molecule has 1 atom stereocenters. The average Bonchev–Trinajstić information content (AvgIpc) is 2.90. The molecule has 6 heteroatoms. The van der Waals surface area contributed by atoms with Gasteiger partial charge in [-0.15, -0.1) is 0 Å². The zero-order valence-electron chi connectivity index (χ0n) is 13.8. The van der Waals surface area contributed by atoms with Crippen LogP contribution < -0.4 is 5.32 Å². The third kappa shape index (κ3) is 3.12. The predicted molar refractivity (Wildman–Crippen MR) is 94.1 cm³/mol. The summed E-state index contributed by atoms with van der Waals surface area (Å²) in [5.41, 5.74) is 3.30. The highest BCUT2D eigenvalue weighted by Gasteiger charge is 2.28. The van der Waals surface area contributed by atoms with E-state index in [1.165, 1.54) is 6.20 Å². The van der Waals surface area contributed by atoms with Crippen LogP contribution in [0.3, 0.4) is 0 Å². The predicted octanol–water partition coefficient (Wildman–Crippen LogP) is 3.14. The highest BCUT2D eigenvalue weighted by molar-refractivity contribution is 6.16. The number of aromatic nitrogens is 2. The molecule has 0 radical (unpaired) electrons. The largest absolute Gasteiger partial charge is 0.358 e. The highest BCUT2D eigenvalue weighted by atomic mass is 16.2. The summed E-state index contributed by atoms with van der Waals surface area (Å²) in [5.74, 6) is -2.35. The van der Waals surface area contributed by atoms with Gasteiger partial charge in [-0.25, -0.2) is 4.98 Å². The van der Waals surface area contributed by atoms with Crippen molar-refractivity contribution in [2.24, 2.45) is 5.92 Å². The Balaban J connectivity index is 1.88. The van der Waals surface area contributed by atoms with E-state index in [-0.39, 0.29) is 0 Å². The fourth-order valence-corrected chi connectivity index (χ4v) is 2.65. The average molecular weight is 332 g/mol. The maximum absolute atomic E-state index is 12.7. The van der Waals surface area contributed by atoms with E-state index in [1.54, 1.807) is 42.5 Å². The fraction of sp³-hybridized carbons (Fsp3) is 0.158. The molecule has 2 aromatic heterocycles. The number of carbonyl (C=O) groups excluding carboxylic acids is 2. The van der Waals surface area contributed by atoms with E-state index >= 15 is 0 Å². The van der Waals surface area contributed by atoms with Gasteiger partial charge in [0.2, 0.25) is 0 Å². The first-order valence-corrected chi connectivity index (χ1v) is 7.76. The summed E-state index contributed by atoms with van der Waals surface area (Å²) in [5, 5.41) is 12.7. The van der Waals surface area contributed by atoms with Gasteiger partial charge in [0.25, 0.3) is 5.91 Å². The number of pyridine rings is 1. The Morgan fingerprint density at radius 3 is 2.72 bits per heavy atom. The zero-order valence-corrected chi connectivity index (χ0v) is 13.8. The molecule has 1 amide bonds. The number of hydrogen-bond donors (Lipinski definition) is 2. The number of anilines is 1. The van der Waals surface area contributed by atoms with Crippen LogP contribution >= 0.6 is 0 Å². The molecule has 0 aliphatic heterocycles. The van der Waals surface area contributed by atoms with Gasteiger partial charge in [-0.3, -0.25) is 9.59 Å². The Labute approximate surface area is 144 Å². The number of carbonyl (C=O) groups is 2. The number of nitrogens with one attached hydrogen (secondary N) is 2. The Bertz CT molecular complexity index is 999. The zero-order chi connectivity index (χ0) is 18.0. The van der Waals surface area contributed by atoms with Crippen LogP contribution in [0.1, 0.15) is 21.6 Å². The quantitative estimate of drug-likeness (QED) is 0.566. The van der Waals surface area contributed by atoms with E-state index < -0.39 is 17.6 Å². The molecule has 0 saturated heterocycles. The molecule has 0 unspecified atom stereocenters. The number of ketones is 1. The smallest absolute Gasteiger partial charge is 0.250 e. The number of aromatic amines is 1. The minimum Gasteiger partial charge on any atom is -0.358 e. The van der Waals surface area contributed by atoms with Gasteiger partial charge in [0, 0.05) is 28.4 Å². The normalized spacial score (nSPS) is 11.7. The second-order valence-electron chi connectivity index (χ2n) is 5.77. The Hall–Kier alpha value is -3.46. The van der Waals surface area contributed by atoms with Crippen LogP contribution in [-0.4, -0.2) is 21.7 Å². The number of benzene rings is 1. The van der Waals surface area contributed by atoms with E-state index in [0.717, 1.165) is 22.2 Å². The molecule has 1 aromatic carbocycles. The summed E-state index contributed by atoms with van der Waals surface area (Å²) in [4.78, 5) is 32.1. The molecule has 0 aliphatic rings. The Kier molecular flexibility index (Phi) is 4.31. The number of Topliss-reactive ketones (excluding diaryl/α,β-unsaturated/α-hetero) is 1. The van der Waals surface area contributed by atoms with Crippen molar-refractivity contribution in [3.05, 3.63) is 59.4 Å². The molecule has 0 aliphatic carbocycles. The number of nitrogens with zero attached hydrogens (tertiary/aromatic N) is 2. The number of hydrogen-bond acceptors (Lipinski definition) is 4. The van der Waals surface area contributed by atoms with Crippen molar-refractivity contribution in [2.75, 3.05) is 5.32 Å². The monoisotopic (exact) mass is 332 g/mol. The second-order valence-corrected chi connectivity index (χ2v) is 5.77. The Morgan fingerprint density at radius 1 is 1.24 bits per heavy atom. The van der Waals surface area contributed by atoms with E-state index in [0.29, 0.717) is 11.4 Å². The molecule has 2 N–H and O–H groups in total. The van der Waals surface area contributed by atoms with Gasteiger partial charge >= 0.3 is 0 Å². The van der Waals surface area contributed by atoms with Crippen LogP contribution in [0.15, 0.2) is 42.6 Å². The lowest BCUT2D eigenvalue weighted by Crippen LogP contribution is -2.29. The lowest BCUT2D eigenvalue weighted by molar-refractivity contribution is -0.117. The number of H-pyrrole nitrogens is 1. The van der Waals surface area contributed by atoms with Crippen molar-refractivity contribution in [3.8, 4) is 6.07 Å². The summed E-state index contributed by atoms with van der Waals surface area (Å²) in [6.07, 6.45) is 1.52. The van der Waals surface area contributed by atoms with Crippen molar-refractivity contribution in [1.82, 2.24) is 9.97 Å². The van der Waals surface area contributed by atoms with E-state index in [4.69, 9.17) is 0 Å². The SMILES string of the molecule is Cc1[nH]c2ccc(C(=O)[C@@H](C#N)C(=O)Nc3ccccn3)cc2c1C. The van der Waals surface area contributed by atoms with Crippen molar-refractivity contribution >= 4 is 28.4 Å². The number of aryl methyl sites for hydroxylation is 2. The Morgan fingerprint density at radius 2 is 2.04 bits per heavy atom. The van der Waals surface area contributed by atoms with Gasteiger partial charge in [0.05, 0.1) is 6.07 Å². The number of amides is 1. The van der Waals surface area contributed by atoms with Crippen LogP contribution in [0.2, 0.25) is 0 Å². The lowest BCUT2D eigenvalue weighted by atomic mass is 9.96. The lowest BCUT2D eigenvalue weighted by Gasteiger charge is -2.09. The standard InChI is InChI=1S/C19H16N4O2/c1-11-12(2)22-16-7-6-13(9-14(11)16)18(24)15(10-20)19(25)23-17-5-3-4-8-21-17/h3-9,15,22H,1-2H3,(H,21,23,25)/t15-/m1/s1. The summed E-state index contributed by atoms with van der Waals surface area (Å²) < 4.78 is 0. The van der Waals surface area contributed by atoms with Gasteiger partial charge < -0.3 is 10.3 Å².